The summed E-state index contributed by atoms with van der Waals surface area (Å²) >= 11 is 6.45. The highest BCUT2D eigenvalue weighted by Gasteiger charge is 2.45. The second kappa shape index (κ2) is 6.14. The van der Waals surface area contributed by atoms with Crippen LogP contribution in [-0.4, -0.2) is 25.3 Å². The largest absolute Gasteiger partial charge is 0.493 e. The quantitative estimate of drug-likeness (QED) is 0.898. The summed E-state index contributed by atoms with van der Waals surface area (Å²) in [6, 6.07) is 1.79. The lowest BCUT2D eigenvalue weighted by Crippen LogP contribution is -2.34. The number of hydrogen-bond acceptors (Lipinski definition) is 3. The van der Waals surface area contributed by atoms with E-state index in [4.69, 9.17) is 21.1 Å². The molecule has 4 nitrogen and oxygen atoms in total. The van der Waals surface area contributed by atoms with Crippen LogP contribution in [0.4, 0.5) is 0 Å². The molecule has 2 rings (SSSR count). The highest BCUT2D eigenvalue weighted by molar-refractivity contribution is 6.33. The zero-order valence-electron chi connectivity index (χ0n) is 12.7. The highest BCUT2D eigenvalue weighted by Crippen LogP contribution is 2.49. The SMILES string of the molecule is CCc1c(C2(C(=O)O)CCCC2)cc(OC)c(OC)c1Cl. The number of aliphatic carboxylic acids is 1. The lowest BCUT2D eigenvalue weighted by molar-refractivity contribution is -0.143. The Hall–Kier alpha value is -1.42. The van der Waals surface area contributed by atoms with Crippen molar-refractivity contribution in [2.75, 3.05) is 14.2 Å². The van der Waals surface area contributed by atoms with E-state index in [0.29, 0.717) is 35.8 Å². The maximum atomic E-state index is 11.9. The van der Waals surface area contributed by atoms with Gasteiger partial charge in [0.05, 0.1) is 24.7 Å². The first kappa shape index (κ1) is 16.0. The zero-order chi connectivity index (χ0) is 15.6. The molecule has 0 aliphatic heterocycles. The van der Waals surface area contributed by atoms with Gasteiger partial charge in [0.1, 0.15) is 0 Å². The molecule has 0 spiro atoms. The van der Waals surface area contributed by atoms with Gasteiger partial charge in [-0.25, -0.2) is 0 Å². The second-order valence-corrected chi connectivity index (χ2v) is 5.78. The van der Waals surface area contributed by atoms with Crippen LogP contribution >= 0.6 is 11.6 Å². The minimum atomic E-state index is -0.853. The molecule has 1 N–H and O–H groups in total. The van der Waals surface area contributed by atoms with Gasteiger partial charge < -0.3 is 14.6 Å². The van der Waals surface area contributed by atoms with Gasteiger partial charge in [0.25, 0.3) is 0 Å². The Morgan fingerprint density at radius 3 is 2.38 bits per heavy atom. The van der Waals surface area contributed by atoms with Crippen LogP contribution in [0.3, 0.4) is 0 Å². The van der Waals surface area contributed by atoms with Gasteiger partial charge in [0.15, 0.2) is 11.5 Å². The maximum absolute atomic E-state index is 11.9. The number of halogens is 1. The number of rotatable bonds is 5. The van der Waals surface area contributed by atoms with Gasteiger partial charge >= 0.3 is 5.97 Å². The van der Waals surface area contributed by atoms with E-state index >= 15 is 0 Å². The average molecular weight is 313 g/mol. The van der Waals surface area contributed by atoms with Crippen LogP contribution in [0.25, 0.3) is 0 Å². The number of methoxy groups -OCH3 is 2. The summed E-state index contributed by atoms with van der Waals surface area (Å²) in [5.41, 5.74) is 0.769. The normalized spacial score (nSPS) is 16.8. The molecule has 1 aromatic carbocycles. The third-order valence-electron chi connectivity index (χ3n) is 4.45. The van der Waals surface area contributed by atoms with Crippen molar-refractivity contribution in [1.82, 2.24) is 0 Å². The smallest absolute Gasteiger partial charge is 0.314 e. The van der Waals surface area contributed by atoms with Crippen molar-refractivity contribution in [3.05, 3.63) is 22.2 Å². The van der Waals surface area contributed by atoms with Gasteiger partial charge in [-0.05, 0) is 36.5 Å². The molecule has 0 bridgehead atoms. The van der Waals surface area contributed by atoms with E-state index in [-0.39, 0.29) is 0 Å². The summed E-state index contributed by atoms with van der Waals surface area (Å²) in [4.78, 5) is 11.9. The molecule has 0 atom stereocenters. The minimum absolute atomic E-state index is 0.460. The third-order valence-corrected chi connectivity index (χ3v) is 4.85. The van der Waals surface area contributed by atoms with Crippen LogP contribution in [0.1, 0.15) is 43.7 Å². The summed E-state index contributed by atoms with van der Waals surface area (Å²) in [7, 11) is 3.07. The lowest BCUT2D eigenvalue weighted by atomic mass is 9.76. The Kier molecular flexibility index (Phi) is 4.67. The topological polar surface area (TPSA) is 55.8 Å². The minimum Gasteiger partial charge on any atom is -0.493 e. The van der Waals surface area contributed by atoms with E-state index in [2.05, 4.69) is 0 Å². The molecule has 0 saturated heterocycles. The molecule has 1 aromatic rings. The number of ether oxygens (including phenoxy) is 2. The van der Waals surface area contributed by atoms with Crippen LogP contribution in [-0.2, 0) is 16.6 Å². The van der Waals surface area contributed by atoms with Crippen LogP contribution < -0.4 is 9.47 Å². The predicted octanol–water partition coefficient (Wildman–Crippen LogP) is 3.82. The van der Waals surface area contributed by atoms with Crippen molar-refractivity contribution in [3.63, 3.8) is 0 Å². The van der Waals surface area contributed by atoms with Crippen molar-refractivity contribution in [2.45, 2.75) is 44.4 Å². The lowest BCUT2D eigenvalue weighted by Gasteiger charge is -2.29. The van der Waals surface area contributed by atoms with Crippen molar-refractivity contribution in [2.24, 2.45) is 0 Å². The standard InChI is InChI=1S/C16H21ClO4/c1-4-10-11(16(15(18)19)7-5-6-8-16)9-12(20-2)14(21-3)13(10)17/h9H,4-8H2,1-3H3,(H,18,19). The molecule has 1 fully saturated rings. The molecule has 0 radical (unpaired) electrons. The van der Waals surface area contributed by atoms with E-state index < -0.39 is 11.4 Å². The summed E-state index contributed by atoms with van der Waals surface area (Å²) in [5.74, 6) is 0.179. The van der Waals surface area contributed by atoms with Crippen LogP contribution in [0.2, 0.25) is 5.02 Å². The van der Waals surface area contributed by atoms with Gasteiger partial charge in [0.2, 0.25) is 0 Å². The first-order valence-electron chi connectivity index (χ1n) is 7.19. The fourth-order valence-electron chi connectivity index (χ4n) is 3.34. The van der Waals surface area contributed by atoms with Crippen LogP contribution in [0.5, 0.6) is 11.5 Å². The van der Waals surface area contributed by atoms with E-state index in [9.17, 15) is 9.90 Å². The third kappa shape index (κ3) is 2.46. The summed E-state index contributed by atoms with van der Waals surface area (Å²) in [6.07, 6.45) is 3.77. The molecule has 21 heavy (non-hydrogen) atoms. The van der Waals surface area contributed by atoms with E-state index in [1.165, 1.54) is 14.2 Å². The van der Waals surface area contributed by atoms with E-state index in [1.807, 2.05) is 6.92 Å². The van der Waals surface area contributed by atoms with Gasteiger partial charge in [-0.1, -0.05) is 31.4 Å². The molecule has 0 unspecified atom stereocenters. The number of carboxylic acid groups (broad SMARTS) is 1. The Bertz CT molecular complexity index is 548. The molecule has 0 amide bonds. The molecule has 116 valence electrons. The summed E-state index contributed by atoms with van der Waals surface area (Å²) in [5, 5.41) is 10.3. The molecule has 1 saturated carbocycles. The van der Waals surface area contributed by atoms with Gasteiger partial charge in [-0.3, -0.25) is 4.79 Å². The van der Waals surface area contributed by atoms with E-state index in [0.717, 1.165) is 24.0 Å². The van der Waals surface area contributed by atoms with Crippen LogP contribution in [0, 0.1) is 0 Å². The zero-order valence-corrected chi connectivity index (χ0v) is 13.4. The number of hydrogen-bond donors (Lipinski definition) is 1. The highest BCUT2D eigenvalue weighted by atomic mass is 35.5. The second-order valence-electron chi connectivity index (χ2n) is 5.40. The number of benzene rings is 1. The molecular formula is C16H21ClO4. The molecule has 1 aliphatic rings. The summed E-state index contributed by atoms with van der Waals surface area (Å²) < 4.78 is 10.7. The van der Waals surface area contributed by atoms with Crippen molar-refractivity contribution in [3.8, 4) is 11.5 Å². The van der Waals surface area contributed by atoms with Crippen LogP contribution in [0.15, 0.2) is 6.07 Å². The Morgan fingerprint density at radius 2 is 1.95 bits per heavy atom. The average Bonchev–Trinajstić information content (AvgIpc) is 2.96. The summed E-state index contributed by atoms with van der Waals surface area (Å²) in [6.45, 7) is 1.97. The number of carbonyl (C=O) groups is 1. The van der Waals surface area contributed by atoms with Crippen molar-refractivity contribution < 1.29 is 19.4 Å². The van der Waals surface area contributed by atoms with Gasteiger partial charge in [-0.15, -0.1) is 0 Å². The van der Waals surface area contributed by atoms with Crippen molar-refractivity contribution >= 4 is 17.6 Å². The first-order chi connectivity index (χ1) is 10.0. The Morgan fingerprint density at radius 1 is 1.33 bits per heavy atom. The number of carboxylic acids is 1. The monoisotopic (exact) mass is 312 g/mol. The fourth-order valence-corrected chi connectivity index (χ4v) is 3.74. The van der Waals surface area contributed by atoms with Gasteiger partial charge in [0, 0.05) is 0 Å². The van der Waals surface area contributed by atoms with Crippen molar-refractivity contribution in [1.29, 1.82) is 0 Å². The fraction of sp³-hybridized carbons (Fsp3) is 0.562. The Labute approximate surface area is 130 Å². The molecule has 5 heteroatoms. The predicted molar refractivity (Wildman–Crippen MR) is 81.7 cm³/mol. The molecular weight excluding hydrogens is 292 g/mol. The maximum Gasteiger partial charge on any atom is 0.314 e. The van der Waals surface area contributed by atoms with E-state index in [1.54, 1.807) is 6.07 Å². The molecule has 0 heterocycles. The molecule has 0 aromatic heterocycles. The molecule has 1 aliphatic carbocycles. The Balaban J connectivity index is 2.73. The van der Waals surface area contributed by atoms with Gasteiger partial charge in [-0.2, -0.15) is 0 Å². The first-order valence-corrected chi connectivity index (χ1v) is 7.56.